The van der Waals surface area contributed by atoms with E-state index in [1.807, 2.05) is 0 Å². The fourth-order valence-electron chi connectivity index (χ4n) is 1.84. The molecule has 1 aliphatic rings. The molecule has 0 amide bonds. The zero-order valence-electron chi connectivity index (χ0n) is 9.15. The van der Waals surface area contributed by atoms with E-state index in [9.17, 15) is 8.42 Å². The number of aliphatic imine (C=N–C) groups is 1. The van der Waals surface area contributed by atoms with Crippen LogP contribution in [0.2, 0.25) is 10.0 Å². The molecule has 0 spiro atoms. The van der Waals surface area contributed by atoms with Crippen LogP contribution in [0, 0.1) is 0 Å². The Labute approximate surface area is 110 Å². The molecule has 1 aromatic carbocycles. The molecule has 6 heteroatoms. The molecule has 3 nitrogen and oxygen atoms in total. The minimum Gasteiger partial charge on any atom is -0.292 e. The Morgan fingerprint density at radius 3 is 2.47 bits per heavy atom. The van der Waals surface area contributed by atoms with Crippen LogP contribution >= 0.6 is 23.2 Å². The van der Waals surface area contributed by atoms with E-state index in [0.29, 0.717) is 34.3 Å². The Balaban J connectivity index is 2.58. The minimum absolute atomic E-state index is 0.291. The fraction of sp³-hybridized carbons (Fsp3) is 0.364. The number of benzene rings is 1. The third kappa shape index (κ3) is 2.49. The summed E-state index contributed by atoms with van der Waals surface area (Å²) in [6, 6.07) is 5.01. The Kier molecular flexibility index (Phi) is 3.48. The minimum atomic E-state index is -3.29. The van der Waals surface area contributed by atoms with E-state index in [-0.39, 0.29) is 0 Å². The van der Waals surface area contributed by atoms with Crippen molar-refractivity contribution >= 4 is 38.8 Å². The molecule has 92 valence electrons. The Hall–Kier alpha value is -0.580. The maximum Gasteiger partial charge on any atom is 0.159 e. The second-order valence-electron chi connectivity index (χ2n) is 3.98. The molecule has 1 aromatic rings. The number of nitrogens with zero attached hydrogens (tertiary/aromatic N) is 1. The van der Waals surface area contributed by atoms with Gasteiger partial charge in [-0.3, -0.25) is 4.99 Å². The molecule has 1 heterocycles. The molecule has 1 aliphatic heterocycles. The molecule has 0 saturated carbocycles. The van der Waals surface area contributed by atoms with Crippen LogP contribution in [0.1, 0.15) is 17.2 Å². The first kappa shape index (κ1) is 12.9. The summed E-state index contributed by atoms with van der Waals surface area (Å²) >= 11 is 12.0. The van der Waals surface area contributed by atoms with Crippen molar-refractivity contribution in [2.24, 2.45) is 4.99 Å². The standard InChI is InChI=1S/C11H11Cl2NO2S/c1-17(15,16)11(9-5-6-14-9)7-3-2-4-8(12)10(7)13/h2-4,11H,5-6H2,1H3. The molecule has 17 heavy (non-hydrogen) atoms. The van der Waals surface area contributed by atoms with Crippen molar-refractivity contribution in [1.29, 1.82) is 0 Å². The zero-order valence-corrected chi connectivity index (χ0v) is 11.5. The summed E-state index contributed by atoms with van der Waals surface area (Å²) in [6.45, 7) is 0.680. The molecule has 0 aliphatic carbocycles. The van der Waals surface area contributed by atoms with E-state index in [1.54, 1.807) is 18.2 Å². The molecule has 2 rings (SSSR count). The van der Waals surface area contributed by atoms with Crippen molar-refractivity contribution in [2.45, 2.75) is 11.7 Å². The third-order valence-corrected chi connectivity index (χ3v) is 4.89. The quantitative estimate of drug-likeness (QED) is 0.860. The van der Waals surface area contributed by atoms with Gasteiger partial charge in [-0.1, -0.05) is 35.3 Å². The van der Waals surface area contributed by atoms with Gasteiger partial charge in [0.2, 0.25) is 0 Å². The summed E-state index contributed by atoms with van der Waals surface area (Å²) in [5.74, 6) is 0. The van der Waals surface area contributed by atoms with E-state index < -0.39 is 15.1 Å². The van der Waals surface area contributed by atoms with Crippen molar-refractivity contribution in [3.63, 3.8) is 0 Å². The fourth-order valence-corrected chi connectivity index (χ4v) is 3.66. The SMILES string of the molecule is CS(=O)(=O)C(C1=NCC1)c1cccc(Cl)c1Cl. The van der Waals surface area contributed by atoms with Gasteiger partial charge in [-0.05, 0) is 11.6 Å². The highest BCUT2D eigenvalue weighted by Crippen LogP contribution is 2.36. The maximum atomic E-state index is 11.8. The van der Waals surface area contributed by atoms with Crippen LogP contribution in [0.25, 0.3) is 0 Å². The summed E-state index contributed by atoms with van der Waals surface area (Å²) < 4.78 is 23.7. The first-order chi connectivity index (χ1) is 7.91. The van der Waals surface area contributed by atoms with E-state index >= 15 is 0 Å². The number of hydrogen-bond acceptors (Lipinski definition) is 3. The van der Waals surface area contributed by atoms with Crippen molar-refractivity contribution in [3.8, 4) is 0 Å². The van der Waals surface area contributed by atoms with Crippen LogP contribution in [-0.2, 0) is 9.84 Å². The summed E-state index contributed by atoms with van der Waals surface area (Å²) in [6.07, 6.45) is 1.89. The molecule has 0 fully saturated rings. The topological polar surface area (TPSA) is 46.5 Å². The van der Waals surface area contributed by atoms with Gasteiger partial charge in [0.25, 0.3) is 0 Å². The molecular weight excluding hydrogens is 281 g/mol. The van der Waals surface area contributed by atoms with E-state index in [2.05, 4.69) is 4.99 Å². The Bertz CT molecular complexity index is 581. The molecule has 0 aromatic heterocycles. The lowest BCUT2D eigenvalue weighted by Gasteiger charge is -2.23. The van der Waals surface area contributed by atoms with E-state index in [0.717, 1.165) is 0 Å². The maximum absolute atomic E-state index is 11.8. The molecule has 0 saturated heterocycles. The predicted molar refractivity (Wildman–Crippen MR) is 71.0 cm³/mol. The zero-order chi connectivity index (χ0) is 12.6. The third-order valence-electron chi connectivity index (χ3n) is 2.68. The van der Waals surface area contributed by atoms with Crippen LogP contribution in [0.3, 0.4) is 0 Å². The van der Waals surface area contributed by atoms with Gasteiger partial charge < -0.3 is 0 Å². The largest absolute Gasteiger partial charge is 0.292 e. The van der Waals surface area contributed by atoms with E-state index in [1.165, 1.54) is 6.26 Å². The number of rotatable bonds is 3. The predicted octanol–water partition coefficient (Wildman–Crippen LogP) is 2.92. The van der Waals surface area contributed by atoms with Gasteiger partial charge in [-0.2, -0.15) is 0 Å². The summed E-state index contributed by atoms with van der Waals surface area (Å²) in [5, 5.41) is -0.112. The van der Waals surface area contributed by atoms with Gasteiger partial charge >= 0.3 is 0 Å². The van der Waals surface area contributed by atoms with Gasteiger partial charge in [-0.25, -0.2) is 8.42 Å². The number of sulfone groups is 1. The van der Waals surface area contributed by atoms with Gasteiger partial charge in [0.05, 0.1) is 10.0 Å². The van der Waals surface area contributed by atoms with Crippen LogP contribution < -0.4 is 0 Å². The normalized spacial score (nSPS) is 17.2. The van der Waals surface area contributed by atoms with Crippen LogP contribution in [0.15, 0.2) is 23.2 Å². The summed E-state index contributed by atoms with van der Waals surface area (Å²) in [7, 11) is -3.29. The number of hydrogen-bond donors (Lipinski definition) is 0. The average molecular weight is 292 g/mol. The van der Waals surface area contributed by atoms with Crippen LogP contribution in [0.5, 0.6) is 0 Å². The molecule has 0 N–H and O–H groups in total. The Morgan fingerprint density at radius 1 is 1.35 bits per heavy atom. The average Bonchev–Trinajstić information content (AvgIpc) is 2.14. The van der Waals surface area contributed by atoms with Gasteiger partial charge in [0.1, 0.15) is 5.25 Å². The van der Waals surface area contributed by atoms with Gasteiger partial charge in [0.15, 0.2) is 9.84 Å². The first-order valence-corrected chi connectivity index (χ1v) is 7.78. The van der Waals surface area contributed by atoms with Gasteiger partial charge in [-0.15, -0.1) is 0 Å². The lowest BCUT2D eigenvalue weighted by atomic mass is 10.0. The van der Waals surface area contributed by atoms with Gasteiger partial charge in [0, 0.05) is 24.9 Å². The van der Waals surface area contributed by atoms with Crippen molar-refractivity contribution < 1.29 is 8.42 Å². The molecular formula is C11H11Cl2NO2S. The van der Waals surface area contributed by atoms with E-state index in [4.69, 9.17) is 23.2 Å². The van der Waals surface area contributed by atoms with Crippen molar-refractivity contribution in [1.82, 2.24) is 0 Å². The first-order valence-electron chi connectivity index (χ1n) is 5.07. The highest BCUT2D eigenvalue weighted by molar-refractivity contribution is 7.91. The highest BCUT2D eigenvalue weighted by atomic mass is 35.5. The molecule has 1 unspecified atom stereocenters. The Morgan fingerprint density at radius 2 is 2.00 bits per heavy atom. The smallest absolute Gasteiger partial charge is 0.159 e. The second-order valence-corrected chi connectivity index (χ2v) is 6.89. The van der Waals surface area contributed by atoms with Crippen LogP contribution in [-0.4, -0.2) is 26.9 Å². The monoisotopic (exact) mass is 291 g/mol. The lowest BCUT2D eigenvalue weighted by molar-refractivity contribution is 0.597. The summed E-state index contributed by atoms with van der Waals surface area (Å²) in [4.78, 5) is 4.12. The molecule has 0 bridgehead atoms. The lowest BCUT2D eigenvalue weighted by Crippen LogP contribution is -2.27. The molecule has 0 radical (unpaired) electrons. The molecule has 1 atom stereocenters. The summed E-state index contributed by atoms with van der Waals surface area (Å²) in [5.41, 5.74) is 1.18. The van der Waals surface area contributed by atoms with Crippen LogP contribution in [0.4, 0.5) is 0 Å². The second kappa shape index (κ2) is 4.59. The van der Waals surface area contributed by atoms with Crippen molar-refractivity contribution in [3.05, 3.63) is 33.8 Å². The highest BCUT2D eigenvalue weighted by Gasteiger charge is 2.32. The van der Waals surface area contributed by atoms with Crippen molar-refractivity contribution in [2.75, 3.05) is 12.8 Å². The number of halogens is 2.